The summed E-state index contributed by atoms with van der Waals surface area (Å²) in [5, 5.41) is 51.4. The number of fused-ring (bicyclic) bond motifs is 2. The number of amides is 2. The molecule has 0 unspecified atom stereocenters. The van der Waals surface area contributed by atoms with E-state index in [1.165, 1.54) is 0 Å². The van der Waals surface area contributed by atoms with Crippen LogP contribution in [0.3, 0.4) is 0 Å². The van der Waals surface area contributed by atoms with Crippen LogP contribution in [0.5, 0.6) is 0 Å². The SMILES string of the molecule is CN1Cc2c(Cl)cc(Cl)cc2[C@H](c2cccc(-c3cnnc(NCCOCCOCCNC(=O)[C@H](O)[C@@H](O)C(=O)NCCOCCOCCNc4cc(-c5cccc([C@@H]6CN(C)Cc7c(Cl)cc(Cl)cc76)c5)cnn4)c3)c2)C1. The summed E-state index contributed by atoms with van der Waals surface area (Å²) >= 11 is 26.1. The van der Waals surface area contributed by atoms with E-state index in [1.807, 2.05) is 48.5 Å². The highest BCUT2D eigenvalue weighted by Gasteiger charge is 2.31. The van der Waals surface area contributed by atoms with Crippen molar-refractivity contribution in [2.75, 3.05) is 117 Å². The topological polar surface area (TPSA) is 218 Å². The molecule has 18 nitrogen and oxygen atoms in total. The van der Waals surface area contributed by atoms with Crippen molar-refractivity contribution in [1.82, 2.24) is 40.8 Å². The van der Waals surface area contributed by atoms with Gasteiger partial charge in [0.25, 0.3) is 11.8 Å². The van der Waals surface area contributed by atoms with Gasteiger partial charge in [0.05, 0.1) is 65.2 Å². The molecule has 0 saturated carbocycles. The molecule has 0 spiro atoms. The van der Waals surface area contributed by atoms with E-state index < -0.39 is 24.0 Å². The Bertz CT molecular complexity index is 2790. The Morgan fingerprint density at radius 2 is 0.949 bits per heavy atom. The van der Waals surface area contributed by atoms with E-state index in [9.17, 15) is 19.8 Å². The lowest BCUT2D eigenvalue weighted by molar-refractivity contribution is -0.146. The van der Waals surface area contributed by atoms with E-state index in [2.05, 4.69) is 89.8 Å². The second-order valence-corrected chi connectivity index (χ2v) is 20.8. The van der Waals surface area contributed by atoms with Crippen molar-refractivity contribution in [2.24, 2.45) is 0 Å². The molecule has 2 aliphatic rings. The number of aliphatic hydroxyl groups excluding tert-OH is 2. The number of halogens is 4. The predicted octanol–water partition coefficient (Wildman–Crippen LogP) is 6.91. The van der Waals surface area contributed by atoms with Gasteiger partial charge in [0.2, 0.25) is 0 Å². The number of likely N-dealkylation sites (N-methyl/N-ethyl adjacent to an activating group) is 2. The zero-order valence-corrected chi connectivity index (χ0v) is 46.4. The number of aromatic nitrogens is 4. The van der Waals surface area contributed by atoms with Gasteiger partial charge in [-0.3, -0.25) is 9.59 Å². The molecule has 0 aliphatic carbocycles. The van der Waals surface area contributed by atoms with E-state index in [0.29, 0.717) is 71.2 Å². The standard InChI is InChI=1S/C56H64Cl4N10O8/c1-69-31-45(43-25-41(57)27-49(59)47(43)33-69)37-7-3-5-35(21-37)39-23-51(67-65-29-39)61-9-13-75-17-19-77-15-11-63-55(73)53(71)54(72)56(74)64-12-16-78-20-18-76-14-10-62-52-24-40(30-66-68-52)36-6-4-8-38(22-36)46-32-70(2)34-48-44(46)26-42(58)28-50(48)60/h3-8,21-30,45-46,53-54,71-72H,9-20,31-34H2,1-2H3,(H,61,67)(H,62,68)(H,63,73)(H,64,74)/t45-,46-,53+,54+/m0/s1. The number of carbonyl (C=O) groups excluding carboxylic acids is 2. The number of aliphatic hydroxyl groups is 2. The molecule has 2 aromatic heterocycles. The van der Waals surface area contributed by atoms with Crippen LogP contribution in [0.15, 0.2) is 97.3 Å². The number of hydrogen-bond acceptors (Lipinski definition) is 16. The second-order valence-electron chi connectivity index (χ2n) is 19.1. The minimum Gasteiger partial charge on any atom is -0.380 e. The molecule has 22 heteroatoms. The minimum atomic E-state index is -1.98. The third kappa shape index (κ3) is 16.3. The summed E-state index contributed by atoms with van der Waals surface area (Å²) in [4.78, 5) is 29.3. The zero-order chi connectivity index (χ0) is 55.0. The van der Waals surface area contributed by atoms with Crippen LogP contribution in [-0.4, -0.2) is 171 Å². The zero-order valence-electron chi connectivity index (χ0n) is 43.4. The highest BCUT2D eigenvalue weighted by molar-refractivity contribution is 6.35. The van der Waals surface area contributed by atoms with Crippen LogP contribution in [-0.2, 0) is 41.6 Å². The van der Waals surface area contributed by atoms with E-state index >= 15 is 0 Å². The molecule has 2 amide bonds. The first kappa shape index (κ1) is 58.6. The lowest BCUT2D eigenvalue weighted by atomic mass is 9.84. The first-order valence-corrected chi connectivity index (χ1v) is 27.2. The molecule has 78 heavy (non-hydrogen) atoms. The van der Waals surface area contributed by atoms with Crippen molar-refractivity contribution >= 4 is 69.9 Å². The number of carbonyl (C=O) groups is 2. The number of nitrogens with one attached hydrogen (secondary N) is 4. The Hall–Kier alpha value is -5.58. The first-order chi connectivity index (χ1) is 37.8. The van der Waals surface area contributed by atoms with Gasteiger partial charge in [0, 0.05) is 95.4 Å². The largest absolute Gasteiger partial charge is 0.380 e. The van der Waals surface area contributed by atoms with Gasteiger partial charge >= 0.3 is 0 Å². The van der Waals surface area contributed by atoms with Gasteiger partial charge < -0.3 is 60.2 Å². The fraction of sp³-hybridized carbons (Fsp3) is 0.393. The molecule has 4 aromatic carbocycles. The molecule has 0 fully saturated rings. The van der Waals surface area contributed by atoms with Gasteiger partial charge in [0.1, 0.15) is 11.6 Å². The van der Waals surface area contributed by atoms with E-state index in [-0.39, 0.29) is 51.4 Å². The van der Waals surface area contributed by atoms with Gasteiger partial charge in [-0.1, -0.05) is 94.9 Å². The van der Waals surface area contributed by atoms with Crippen molar-refractivity contribution in [3.05, 3.63) is 151 Å². The highest BCUT2D eigenvalue weighted by Crippen LogP contribution is 2.41. The Kier molecular flexibility index (Phi) is 21.8. The molecule has 414 valence electrons. The maximum atomic E-state index is 12.4. The predicted molar refractivity (Wildman–Crippen MR) is 303 cm³/mol. The molecule has 4 atom stereocenters. The smallest absolute Gasteiger partial charge is 0.252 e. The summed E-state index contributed by atoms with van der Waals surface area (Å²) in [7, 11) is 4.18. The maximum absolute atomic E-state index is 12.4. The number of benzene rings is 4. The van der Waals surface area contributed by atoms with Gasteiger partial charge in [-0.25, -0.2) is 0 Å². The van der Waals surface area contributed by atoms with Crippen molar-refractivity contribution in [3.63, 3.8) is 0 Å². The summed E-state index contributed by atoms with van der Waals surface area (Å²) in [6.07, 6.45) is -0.486. The number of nitrogens with zero attached hydrogens (tertiary/aromatic N) is 6. The number of anilines is 2. The summed E-state index contributed by atoms with van der Waals surface area (Å²) in [6, 6.07) is 28.3. The summed E-state index contributed by atoms with van der Waals surface area (Å²) < 4.78 is 22.4. The summed E-state index contributed by atoms with van der Waals surface area (Å²) in [5.41, 5.74) is 10.7. The van der Waals surface area contributed by atoms with E-state index in [4.69, 9.17) is 65.4 Å². The van der Waals surface area contributed by atoms with Gasteiger partial charge in [-0.2, -0.15) is 10.2 Å². The van der Waals surface area contributed by atoms with Crippen LogP contribution in [0.1, 0.15) is 45.2 Å². The summed E-state index contributed by atoms with van der Waals surface area (Å²) in [5.74, 6) is -0.398. The molecule has 0 saturated heterocycles. The Morgan fingerprint density at radius 3 is 1.36 bits per heavy atom. The third-order valence-electron chi connectivity index (χ3n) is 13.3. The van der Waals surface area contributed by atoms with Gasteiger partial charge in [-0.15, -0.1) is 10.2 Å². The van der Waals surface area contributed by atoms with Crippen LogP contribution in [0, 0.1) is 0 Å². The molecular formula is C56H64Cl4N10O8. The van der Waals surface area contributed by atoms with Crippen LogP contribution in [0.4, 0.5) is 11.6 Å². The van der Waals surface area contributed by atoms with Crippen LogP contribution >= 0.6 is 46.4 Å². The summed E-state index contributed by atoms with van der Waals surface area (Å²) in [6.45, 7) is 6.36. The van der Waals surface area contributed by atoms with E-state index in [0.717, 1.165) is 81.8 Å². The lowest BCUT2D eigenvalue weighted by Crippen LogP contribution is -2.50. The van der Waals surface area contributed by atoms with Crippen LogP contribution in [0.2, 0.25) is 20.1 Å². The minimum absolute atomic E-state index is 0.0442. The molecule has 4 heterocycles. The first-order valence-electron chi connectivity index (χ1n) is 25.7. The van der Waals surface area contributed by atoms with Crippen molar-refractivity contribution in [2.45, 2.75) is 37.1 Å². The lowest BCUT2D eigenvalue weighted by Gasteiger charge is -2.33. The van der Waals surface area contributed by atoms with Crippen LogP contribution in [0.25, 0.3) is 22.3 Å². The molecule has 0 radical (unpaired) electrons. The molecular weight excluding hydrogens is 1080 g/mol. The van der Waals surface area contributed by atoms with Crippen molar-refractivity contribution in [1.29, 1.82) is 0 Å². The van der Waals surface area contributed by atoms with Crippen LogP contribution < -0.4 is 21.3 Å². The van der Waals surface area contributed by atoms with Gasteiger partial charge in [0.15, 0.2) is 12.2 Å². The van der Waals surface area contributed by atoms with Crippen molar-refractivity contribution in [3.8, 4) is 22.3 Å². The Labute approximate surface area is 474 Å². The molecule has 6 N–H and O–H groups in total. The molecule has 2 aliphatic heterocycles. The number of ether oxygens (including phenoxy) is 4. The van der Waals surface area contributed by atoms with E-state index in [1.54, 1.807) is 24.5 Å². The Balaban J connectivity index is 0.633. The molecule has 6 aromatic rings. The maximum Gasteiger partial charge on any atom is 0.252 e. The second kappa shape index (κ2) is 29.0. The van der Waals surface area contributed by atoms with Gasteiger partial charge in [-0.05, 0) is 95.0 Å². The Morgan fingerprint density at radius 1 is 0.551 bits per heavy atom. The average molecular weight is 1150 g/mol. The third-order valence-corrected chi connectivity index (χ3v) is 14.4. The highest BCUT2D eigenvalue weighted by atomic mass is 35.5. The van der Waals surface area contributed by atoms with Crippen molar-refractivity contribution < 1.29 is 38.7 Å². The quantitative estimate of drug-likeness (QED) is 0.0289. The molecule has 0 bridgehead atoms. The number of rotatable bonds is 27. The fourth-order valence-electron chi connectivity index (χ4n) is 9.49. The monoisotopic (exact) mass is 1140 g/mol. The average Bonchev–Trinajstić information content (AvgIpc) is 3.48. The molecule has 8 rings (SSSR count). The fourth-order valence-corrected chi connectivity index (χ4v) is 10.6. The number of hydrogen-bond donors (Lipinski definition) is 6. The normalized spacial score (nSPS) is 16.2.